The molecule has 0 aliphatic rings. The number of halogens is 1. The van der Waals surface area contributed by atoms with Gasteiger partial charge in [-0.15, -0.1) is 0 Å². The molecule has 2 N–H and O–H groups in total. The van der Waals surface area contributed by atoms with E-state index in [1.807, 2.05) is 44.2 Å². The molecule has 0 bridgehead atoms. The Bertz CT molecular complexity index is 525. The van der Waals surface area contributed by atoms with Gasteiger partial charge >= 0.3 is 0 Å². The van der Waals surface area contributed by atoms with Crippen LogP contribution in [0.3, 0.4) is 0 Å². The molecule has 2 nitrogen and oxygen atoms in total. The lowest BCUT2D eigenvalue weighted by atomic mass is 9.87. The SMILES string of the molecule is CC(C)C(CN)C(F)c1ccc2cccnc2c1. The molecule has 0 radical (unpaired) electrons. The molecular weight excluding hydrogens is 227 g/mol. The van der Waals surface area contributed by atoms with Gasteiger partial charge in [0.2, 0.25) is 0 Å². The van der Waals surface area contributed by atoms with Gasteiger partial charge in [0.15, 0.2) is 0 Å². The van der Waals surface area contributed by atoms with Crippen LogP contribution in [0.2, 0.25) is 0 Å². The summed E-state index contributed by atoms with van der Waals surface area (Å²) in [6.45, 7) is 4.37. The quantitative estimate of drug-likeness (QED) is 0.897. The molecule has 2 atom stereocenters. The number of nitrogens with zero attached hydrogens (tertiary/aromatic N) is 1. The van der Waals surface area contributed by atoms with E-state index < -0.39 is 6.17 Å². The molecule has 2 unspecified atom stereocenters. The highest BCUT2D eigenvalue weighted by atomic mass is 19.1. The summed E-state index contributed by atoms with van der Waals surface area (Å²) < 4.78 is 14.5. The number of hydrogen-bond acceptors (Lipinski definition) is 2. The molecule has 0 spiro atoms. The first kappa shape index (κ1) is 13.0. The van der Waals surface area contributed by atoms with Crippen molar-refractivity contribution in [2.45, 2.75) is 20.0 Å². The van der Waals surface area contributed by atoms with Gasteiger partial charge in [0, 0.05) is 17.5 Å². The minimum absolute atomic E-state index is 0.147. The van der Waals surface area contributed by atoms with Crippen molar-refractivity contribution in [3.05, 3.63) is 42.1 Å². The fourth-order valence-electron chi connectivity index (χ4n) is 2.23. The molecule has 0 aliphatic carbocycles. The summed E-state index contributed by atoms with van der Waals surface area (Å²) in [7, 11) is 0. The minimum Gasteiger partial charge on any atom is -0.330 e. The highest BCUT2D eigenvalue weighted by molar-refractivity contribution is 5.78. The van der Waals surface area contributed by atoms with E-state index in [9.17, 15) is 4.39 Å². The second-order valence-electron chi connectivity index (χ2n) is 5.00. The van der Waals surface area contributed by atoms with Crippen molar-refractivity contribution in [3.63, 3.8) is 0 Å². The van der Waals surface area contributed by atoms with Crippen LogP contribution in [0, 0.1) is 11.8 Å². The average Bonchev–Trinajstić information content (AvgIpc) is 2.38. The van der Waals surface area contributed by atoms with Crippen LogP contribution in [0.1, 0.15) is 25.6 Å². The minimum atomic E-state index is -1.03. The van der Waals surface area contributed by atoms with Crippen LogP contribution in [0.15, 0.2) is 36.5 Å². The molecule has 0 aliphatic heterocycles. The Labute approximate surface area is 107 Å². The molecule has 0 saturated heterocycles. The third kappa shape index (κ3) is 2.51. The van der Waals surface area contributed by atoms with E-state index in [4.69, 9.17) is 5.73 Å². The summed E-state index contributed by atoms with van der Waals surface area (Å²) in [5, 5.41) is 1.03. The molecule has 18 heavy (non-hydrogen) atoms. The van der Waals surface area contributed by atoms with Gasteiger partial charge in [-0.1, -0.05) is 32.0 Å². The maximum atomic E-state index is 14.5. The Morgan fingerprint density at radius 3 is 2.72 bits per heavy atom. The van der Waals surface area contributed by atoms with E-state index in [-0.39, 0.29) is 11.8 Å². The second kappa shape index (κ2) is 5.44. The molecule has 2 aromatic rings. The van der Waals surface area contributed by atoms with Crippen molar-refractivity contribution in [2.24, 2.45) is 17.6 Å². The lowest BCUT2D eigenvalue weighted by Crippen LogP contribution is -2.24. The molecule has 1 aromatic carbocycles. The molecule has 3 heteroatoms. The van der Waals surface area contributed by atoms with Gasteiger partial charge < -0.3 is 5.73 Å². The van der Waals surface area contributed by atoms with E-state index in [2.05, 4.69) is 4.98 Å². The zero-order valence-electron chi connectivity index (χ0n) is 10.8. The summed E-state index contributed by atoms with van der Waals surface area (Å²) in [6.07, 6.45) is 0.698. The fraction of sp³-hybridized carbons (Fsp3) is 0.400. The van der Waals surface area contributed by atoms with E-state index in [1.54, 1.807) is 6.20 Å². The van der Waals surface area contributed by atoms with Gasteiger partial charge in [-0.05, 0) is 30.2 Å². The van der Waals surface area contributed by atoms with Crippen LogP contribution in [-0.2, 0) is 0 Å². The zero-order chi connectivity index (χ0) is 13.1. The van der Waals surface area contributed by atoms with E-state index in [0.717, 1.165) is 10.9 Å². The van der Waals surface area contributed by atoms with Gasteiger partial charge in [-0.3, -0.25) is 4.98 Å². The number of pyridine rings is 1. The Hall–Kier alpha value is -1.48. The van der Waals surface area contributed by atoms with Crippen LogP contribution in [0.25, 0.3) is 10.9 Å². The molecule has 0 amide bonds. The van der Waals surface area contributed by atoms with Crippen molar-refractivity contribution in [3.8, 4) is 0 Å². The number of nitrogens with two attached hydrogens (primary N) is 1. The maximum absolute atomic E-state index is 14.5. The summed E-state index contributed by atoms with van der Waals surface area (Å²) >= 11 is 0. The molecule has 1 heterocycles. The van der Waals surface area contributed by atoms with Gasteiger partial charge in [0.25, 0.3) is 0 Å². The Kier molecular flexibility index (Phi) is 3.92. The third-order valence-electron chi connectivity index (χ3n) is 3.45. The number of rotatable bonds is 4. The zero-order valence-corrected chi connectivity index (χ0v) is 10.8. The van der Waals surface area contributed by atoms with Crippen molar-refractivity contribution in [1.82, 2.24) is 4.98 Å². The molecular formula is C15H19FN2. The molecule has 2 rings (SSSR count). The van der Waals surface area contributed by atoms with Gasteiger partial charge in [-0.2, -0.15) is 0 Å². The monoisotopic (exact) mass is 246 g/mol. The van der Waals surface area contributed by atoms with Gasteiger partial charge in [0.05, 0.1) is 5.52 Å². The van der Waals surface area contributed by atoms with Crippen LogP contribution < -0.4 is 5.73 Å². The van der Waals surface area contributed by atoms with Crippen LogP contribution in [0.4, 0.5) is 4.39 Å². The first-order valence-corrected chi connectivity index (χ1v) is 6.32. The number of alkyl halides is 1. The lowest BCUT2D eigenvalue weighted by molar-refractivity contribution is 0.189. The number of benzene rings is 1. The summed E-state index contributed by atoms with van der Waals surface area (Å²) in [5.74, 6) is 0.0793. The van der Waals surface area contributed by atoms with Crippen molar-refractivity contribution >= 4 is 10.9 Å². The fourth-order valence-corrected chi connectivity index (χ4v) is 2.23. The van der Waals surface area contributed by atoms with Crippen molar-refractivity contribution in [2.75, 3.05) is 6.54 Å². The predicted octanol–water partition coefficient (Wildman–Crippen LogP) is 3.48. The largest absolute Gasteiger partial charge is 0.330 e. The molecule has 96 valence electrons. The lowest BCUT2D eigenvalue weighted by Gasteiger charge is -2.23. The standard InChI is InChI=1S/C15H19FN2/c1-10(2)13(9-17)15(16)12-6-5-11-4-3-7-18-14(11)8-12/h3-8,10,13,15H,9,17H2,1-2H3. The first-order chi connectivity index (χ1) is 8.63. The van der Waals surface area contributed by atoms with Crippen LogP contribution in [-0.4, -0.2) is 11.5 Å². The Morgan fingerprint density at radius 1 is 1.28 bits per heavy atom. The Morgan fingerprint density at radius 2 is 2.06 bits per heavy atom. The topological polar surface area (TPSA) is 38.9 Å². The van der Waals surface area contributed by atoms with E-state index >= 15 is 0 Å². The van der Waals surface area contributed by atoms with Crippen LogP contribution in [0.5, 0.6) is 0 Å². The number of fused-ring (bicyclic) bond motifs is 1. The highest BCUT2D eigenvalue weighted by Gasteiger charge is 2.24. The average molecular weight is 246 g/mol. The smallest absolute Gasteiger partial charge is 0.129 e. The third-order valence-corrected chi connectivity index (χ3v) is 3.45. The normalized spacial score (nSPS) is 14.9. The number of hydrogen-bond donors (Lipinski definition) is 1. The maximum Gasteiger partial charge on any atom is 0.129 e. The summed E-state index contributed by atoms with van der Waals surface area (Å²) in [6, 6.07) is 9.43. The predicted molar refractivity (Wildman–Crippen MR) is 73.0 cm³/mol. The summed E-state index contributed by atoms with van der Waals surface area (Å²) in [4.78, 5) is 4.26. The van der Waals surface area contributed by atoms with Crippen molar-refractivity contribution < 1.29 is 4.39 Å². The van der Waals surface area contributed by atoms with Gasteiger partial charge in [0.1, 0.15) is 6.17 Å². The number of aromatic nitrogens is 1. The van der Waals surface area contributed by atoms with E-state index in [0.29, 0.717) is 12.1 Å². The molecule has 1 aromatic heterocycles. The first-order valence-electron chi connectivity index (χ1n) is 6.32. The molecule has 0 fully saturated rings. The van der Waals surface area contributed by atoms with Crippen LogP contribution >= 0.6 is 0 Å². The molecule has 0 saturated carbocycles. The highest BCUT2D eigenvalue weighted by Crippen LogP contribution is 2.32. The Balaban J connectivity index is 2.35. The van der Waals surface area contributed by atoms with E-state index in [1.165, 1.54) is 0 Å². The van der Waals surface area contributed by atoms with Gasteiger partial charge in [-0.25, -0.2) is 4.39 Å². The summed E-state index contributed by atoms with van der Waals surface area (Å²) in [5.41, 5.74) is 7.17. The second-order valence-corrected chi connectivity index (χ2v) is 5.00. The van der Waals surface area contributed by atoms with Crippen molar-refractivity contribution in [1.29, 1.82) is 0 Å².